The first-order valence-electron chi connectivity index (χ1n) is 9.90. The first-order valence-corrected chi connectivity index (χ1v) is 9.90. The molecule has 0 radical (unpaired) electrons. The molecule has 0 unspecified atom stereocenters. The lowest BCUT2D eigenvalue weighted by molar-refractivity contribution is -0.131. The highest BCUT2D eigenvalue weighted by Gasteiger charge is 2.13. The third-order valence-corrected chi connectivity index (χ3v) is 4.17. The van der Waals surface area contributed by atoms with Crippen molar-refractivity contribution in [1.29, 1.82) is 0 Å². The van der Waals surface area contributed by atoms with Gasteiger partial charge in [-0.2, -0.15) is 0 Å². The molecular weight excluding hydrogens is 400 g/mol. The van der Waals surface area contributed by atoms with Crippen LogP contribution >= 0.6 is 0 Å². The smallest absolute Gasteiger partial charge is 0.338 e. The van der Waals surface area contributed by atoms with E-state index >= 15 is 0 Å². The van der Waals surface area contributed by atoms with Crippen LogP contribution in [0.15, 0.2) is 48.5 Å². The Balaban J connectivity index is 1.69. The van der Waals surface area contributed by atoms with Gasteiger partial charge in [0.25, 0.3) is 11.8 Å². The third kappa shape index (κ3) is 8.00. The second-order valence-corrected chi connectivity index (χ2v) is 7.69. The predicted octanol–water partition coefficient (Wildman–Crippen LogP) is 2.77. The molecule has 0 atom stereocenters. The lowest BCUT2D eigenvalue weighted by Crippen LogP contribution is -2.45. The molecule has 0 bridgehead atoms. The summed E-state index contributed by atoms with van der Waals surface area (Å²) >= 11 is 0. The summed E-state index contributed by atoms with van der Waals surface area (Å²) < 4.78 is 15.6. The monoisotopic (exact) mass is 428 g/mol. The zero-order chi connectivity index (χ0) is 22.9. The Hall–Kier alpha value is -3.55. The third-order valence-electron chi connectivity index (χ3n) is 4.17. The molecule has 8 heteroatoms. The molecule has 2 amide bonds. The largest absolute Gasteiger partial charge is 0.484 e. The number of hydrogen-bond acceptors (Lipinski definition) is 6. The van der Waals surface area contributed by atoms with Gasteiger partial charge in [0.15, 0.2) is 13.2 Å². The van der Waals surface area contributed by atoms with Gasteiger partial charge in [-0.3, -0.25) is 20.4 Å². The van der Waals surface area contributed by atoms with Crippen LogP contribution in [-0.4, -0.2) is 37.6 Å². The van der Waals surface area contributed by atoms with Crippen LogP contribution in [0.5, 0.6) is 11.5 Å². The van der Waals surface area contributed by atoms with Gasteiger partial charge in [0.1, 0.15) is 11.5 Å². The van der Waals surface area contributed by atoms with E-state index in [0.717, 1.165) is 5.56 Å². The summed E-state index contributed by atoms with van der Waals surface area (Å²) in [4.78, 5) is 35.3. The maximum absolute atomic E-state index is 11.8. The van der Waals surface area contributed by atoms with Crippen LogP contribution in [0.3, 0.4) is 0 Å². The molecule has 0 spiro atoms. The number of amides is 2. The standard InChI is InChI=1S/C23H28N2O6/c1-5-29-22(28)16-6-10-18(11-7-16)30-14-20(26)24-25-21(27)15-31-19-12-8-17(9-13-19)23(2,3)4/h6-13H,5,14-15H2,1-4H3,(H,24,26)(H,25,27). The molecule has 0 aliphatic heterocycles. The van der Waals surface area contributed by atoms with Gasteiger partial charge in [-0.15, -0.1) is 0 Å². The van der Waals surface area contributed by atoms with Crippen molar-refractivity contribution in [2.75, 3.05) is 19.8 Å². The van der Waals surface area contributed by atoms with E-state index in [1.807, 2.05) is 12.1 Å². The molecule has 2 N–H and O–H groups in total. The van der Waals surface area contributed by atoms with E-state index in [4.69, 9.17) is 14.2 Å². The maximum Gasteiger partial charge on any atom is 0.338 e. The topological polar surface area (TPSA) is 103 Å². The SMILES string of the molecule is CCOC(=O)c1ccc(OCC(=O)NNC(=O)COc2ccc(C(C)(C)C)cc2)cc1. The van der Waals surface area contributed by atoms with Gasteiger partial charge in [-0.1, -0.05) is 32.9 Å². The van der Waals surface area contributed by atoms with Crippen molar-refractivity contribution in [3.63, 3.8) is 0 Å². The Morgan fingerprint density at radius 2 is 1.23 bits per heavy atom. The lowest BCUT2D eigenvalue weighted by atomic mass is 9.87. The van der Waals surface area contributed by atoms with Crippen LogP contribution in [0.1, 0.15) is 43.6 Å². The Kier molecular flexibility index (Phi) is 8.43. The fraction of sp³-hybridized carbons (Fsp3) is 0.348. The molecule has 0 aliphatic rings. The van der Waals surface area contributed by atoms with Crippen LogP contribution in [0, 0.1) is 0 Å². The number of carbonyl (C=O) groups is 3. The molecule has 0 aliphatic carbocycles. The molecule has 2 rings (SSSR count). The number of ether oxygens (including phenoxy) is 3. The molecule has 8 nitrogen and oxygen atoms in total. The quantitative estimate of drug-likeness (QED) is 0.495. The zero-order valence-corrected chi connectivity index (χ0v) is 18.2. The molecule has 0 fully saturated rings. The van der Waals surface area contributed by atoms with Crippen molar-refractivity contribution in [1.82, 2.24) is 10.9 Å². The molecular formula is C23H28N2O6. The zero-order valence-electron chi connectivity index (χ0n) is 18.2. The highest BCUT2D eigenvalue weighted by molar-refractivity contribution is 5.89. The Morgan fingerprint density at radius 3 is 1.65 bits per heavy atom. The van der Waals surface area contributed by atoms with E-state index in [9.17, 15) is 14.4 Å². The van der Waals surface area contributed by atoms with Gasteiger partial charge in [0.2, 0.25) is 0 Å². The molecule has 0 aromatic heterocycles. The van der Waals surface area contributed by atoms with Crippen molar-refractivity contribution in [2.24, 2.45) is 0 Å². The van der Waals surface area contributed by atoms with Crippen LogP contribution in [0.25, 0.3) is 0 Å². The molecule has 0 heterocycles. The van der Waals surface area contributed by atoms with Crippen LogP contribution < -0.4 is 20.3 Å². The predicted molar refractivity (Wildman–Crippen MR) is 115 cm³/mol. The number of nitrogens with one attached hydrogen (secondary N) is 2. The molecule has 2 aromatic rings. The fourth-order valence-corrected chi connectivity index (χ4v) is 2.46. The number of carbonyl (C=O) groups excluding carboxylic acids is 3. The van der Waals surface area contributed by atoms with E-state index in [0.29, 0.717) is 17.1 Å². The molecule has 2 aromatic carbocycles. The van der Waals surface area contributed by atoms with Crippen molar-refractivity contribution in [2.45, 2.75) is 33.1 Å². The first-order chi connectivity index (χ1) is 14.7. The number of hydrazine groups is 1. The Morgan fingerprint density at radius 1 is 0.774 bits per heavy atom. The lowest BCUT2D eigenvalue weighted by Gasteiger charge is -2.19. The summed E-state index contributed by atoms with van der Waals surface area (Å²) in [5, 5.41) is 0. The summed E-state index contributed by atoms with van der Waals surface area (Å²) in [6.45, 7) is 7.80. The second-order valence-electron chi connectivity index (χ2n) is 7.69. The van der Waals surface area contributed by atoms with Crippen molar-refractivity contribution in [3.05, 3.63) is 59.7 Å². The fourth-order valence-electron chi connectivity index (χ4n) is 2.46. The normalized spacial score (nSPS) is 10.7. The number of esters is 1. The van der Waals surface area contributed by atoms with Gasteiger partial charge >= 0.3 is 5.97 Å². The van der Waals surface area contributed by atoms with E-state index in [1.54, 1.807) is 43.3 Å². The van der Waals surface area contributed by atoms with E-state index in [1.165, 1.54) is 0 Å². The second kappa shape index (κ2) is 11.0. The Bertz CT molecular complexity index is 886. The molecule has 0 saturated carbocycles. The average Bonchev–Trinajstić information content (AvgIpc) is 2.75. The van der Waals surface area contributed by atoms with Gasteiger partial charge in [-0.05, 0) is 54.3 Å². The van der Waals surface area contributed by atoms with E-state index in [-0.39, 0.29) is 25.2 Å². The van der Waals surface area contributed by atoms with Gasteiger partial charge in [0.05, 0.1) is 12.2 Å². The van der Waals surface area contributed by atoms with Crippen LogP contribution in [-0.2, 0) is 19.7 Å². The molecule has 31 heavy (non-hydrogen) atoms. The van der Waals surface area contributed by atoms with Crippen LogP contribution in [0.2, 0.25) is 0 Å². The average molecular weight is 428 g/mol. The summed E-state index contributed by atoms with van der Waals surface area (Å²) in [6, 6.07) is 13.7. The molecule has 166 valence electrons. The molecule has 0 saturated heterocycles. The van der Waals surface area contributed by atoms with Crippen molar-refractivity contribution >= 4 is 17.8 Å². The summed E-state index contributed by atoms with van der Waals surface area (Å²) in [7, 11) is 0. The highest BCUT2D eigenvalue weighted by atomic mass is 16.5. The van der Waals surface area contributed by atoms with E-state index in [2.05, 4.69) is 31.6 Å². The van der Waals surface area contributed by atoms with Gasteiger partial charge in [-0.25, -0.2) is 4.79 Å². The van der Waals surface area contributed by atoms with Crippen LogP contribution in [0.4, 0.5) is 0 Å². The summed E-state index contributed by atoms with van der Waals surface area (Å²) in [5.74, 6) is -0.521. The number of hydrogen-bond donors (Lipinski definition) is 2. The highest BCUT2D eigenvalue weighted by Crippen LogP contribution is 2.24. The minimum Gasteiger partial charge on any atom is -0.484 e. The van der Waals surface area contributed by atoms with Gasteiger partial charge < -0.3 is 14.2 Å². The Labute approximate surface area is 181 Å². The summed E-state index contributed by atoms with van der Waals surface area (Å²) in [5.41, 5.74) is 6.08. The minimum absolute atomic E-state index is 0.0329. The number of benzene rings is 2. The van der Waals surface area contributed by atoms with Crippen molar-refractivity contribution in [3.8, 4) is 11.5 Å². The maximum atomic E-state index is 11.8. The number of rotatable bonds is 8. The van der Waals surface area contributed by atoms with Gasteiger partial charge in [0, 0.05) is 0 Å². The van der Waals surface area contributed by atoms with E-state index < -0.39 is 17.8 Å². The summed E-state index contributed by atoms with van der Waals surface area (Å²) in [6.07, 6.45) is 0. The first kappa shape index (κ1) is 23.7. The van der Waals surface area contributed by atoms with Crippen molar-refractivity contribution < 1.29 is 28.6 Å². The minimum atomic E-state index is -0.544.